The number of hydrogen-bond acceptors (Lipinski definition) is 5. The zero-order valence-corrected chi connectivity index (χ0v) is 19.0. The van der Waals surface area contributed by atoms with Crippen molar-refractivity contribution in [2.24, 2.45) is 5.92 Å². The van der Waals surface area contributed by atoms with Crippen molar-refractivity contribution in [3.63, 3.8) is 0 Å². The molecule has 4 rings (SSSR count). The second-order valence-electron chi connectivity index (χ2n) is 8.45. The van der Waals surface area contributed by atoms with Gasteiger partial charge in [0.05, 0.1) is 5.75 Å². The summed E-state index contributed by atoms with van der Waals surface area (Å²) in [5.74, 6) is 0.268. The Balaban J connectivity index is 1.24. The number of sulfonamides is 1. The molecule has 2 saturated heterocycles. The van der Waals surface area contributed by atoms with Crippen LogP contribution in [0.1, 0.15) is 24.8 Å². The fraction of sp³-hybridized carbons (Fsp3) is 0.417. The number of aromatic nitrogens is 1. The van der Waals surface area contributed by atoms with Crippen molar-refractivity contribution in [2.45, 2.75) is 25.7 Å². The fourth-order valence-electron chi connectivity index (χ4n) is 4.31. The van der Waals surface area contributed by atoms with Crippen LogP contribution in [0.3, 0.4) is 0 Å². The van der Waals surface area contributed by atoms with Crippen molar-refractivity contribution < 1.29 is 13.2 Å². The van der Waals surface area contributed by atoms with Crippen molar-refractivity contribution in [1.29, 1.82) is 0 Å². The van der Waals surface area contributed by atoms with Gasteiger partial charge in [0.15, 0.2) is 0 Å². The Kier molecular flexibility index (Phi) is 7.09. The molecule has 2 aliphatic heterocycles. The summed E-state index contributed by atoms with van der Waals surface area (Å²) in [6.45, 7) is 2.88. The highest BCUT2D eigenvalue weighted by Gasteiger charge is 2.31. The minimum atomic E-state index is -3.40. The molecule has 0 unspecified atom stereocenters. The molecule has 1 aromatic carbocycles. The maximum absolute atomic E-state index is 13.0. The molecule has 1 N–H and O–H groups in total. The lowest BCUT2D eigenvalue weighted by Gasteiger charge is -2.34. The number of anilines is 1. The second kappa shape index (κ2) is 10.2. The van der Waals surface area contributed by atoms with Gasteiger partial charge in [0.2, 0.25) is 15.9 Å². The normalized spacial score (nSPS) is 18.8. The van der Waals surface area contributed by atoms with Crippen LogP contribution in [0, 0.1) is 5.92 Å². The summed E-state index contributed by atoms with van der Waals surface area (Å²) in [5.41, 5.74) is 3.10. The minimum absolute atomic E-state index is 0.0370. The number of aryl methyl sites for hydroxylation is 1. The quantitative estimate of drug-likeness (QED) is 0.695. The lowest BCUT2D eigenvalue weighted by molar-refractivity contribution is -0.134. The zero-order chi connectivity index (χ0) is 22.4. The van der Waals surface area contributed by atoms with E-state index < -0.39 is 10.0 Å². The van der Waals surface area contributed by atoms with Gasteiger partial charge < -0.3 is 9.80 Å². The molecular formula is C24H30N4O3S. The third-order valence-corrected chi connectivity index (χ3v) is 7.44. The Morgan fingerprint density at radius 3 is 2.50 bits per heavy atom. The molecule has 8 heteroatoms. The average Bonchev–Trinajstić information content (AvgIpc) is 3.32. The SMILES string of the molecule is O=C(C1CCN(c2ccncc2)CC1)N1CCC(=CNS(=O)(=O)CCc2ccccc2)C1. The van der Waals surface area contributed by atoms with Crippen molar-refractivity contribution in [1.82, 2.24) is 14.6 Å². The van der Waals surface area contributed by atoms with E-state index in [2.05, 4.69) is 14.6 Å². The van der Waals surface area contributed by atoms with Crippen LogP contribution in [0.5, 0.6) is 0 Å². The van der Waals surface area contributed by atoms with Crippen molar-refractivity contribution in [2.75, 3.05) is 36.8 Å². The van der Waals surface area contributed by atoms with Crippen LogP contribution in [-0.4, -0.2) is 56.1 Å². The largest absolute Gasteiger partial charge is 0.371 e. The second-order valence-corrected chi connectivity index (χ2v) is 10.3. The molecule has 0 spiro atoms. The number of carbonyl (C=O) groups is 1. The predicted octanol–water partition coefficient (Wildman–Crippen LogP) is 2.58. The van der Waals surface area contributed by atoms with Gasteiger partial charge in [-0.2, -0.15) is 0 Å². The molecule has 170 valence electrons. The first kappa shape index (κ1) is 22.3. The number of piperidine rings is 1. The molecule has 32 heavy (non-hydrogen) atoms. The Labute approximate surface area is 190 Å². The monoisotopic (exact) mass is 454 g/mol. The number of benzene rings is 1. The molecule has 0 saturated carbocycles. The van der Waals surface area contributed by atoms with Crippen molar-refractivity contribution >= 4 is 21.6 Å². The Morgan fingerprint density at radius 2 is 1.78 bits per heavy atom. The van der Waals surface area contributed by atoms with E-state index in [-0.39, 0.29) is 17.6 Å². The molecule has 0 atom stereocenters. The van der Waals surface area contributed by atoms with Crippen LogP contribution in [0.2, 0.25) is 0 Å². The van der Waals surface area contributed by atoms with Gasteiger partial charge in [0.1, 0.15) is 0 Å². The van der Waals surface area contributed by atoms with Gasteiger partial charge in [-0.05, 0) is 49.0 Å². The first-order chi connectivity index (χ1) is 15.5. The smallest absolute Gasteiger partial charge is 0.232 e. The first-order valence-corrected chi connectivity index (χ1v) is 12.8. The minimum Gasteiger partial charge on any atom is -0.371 e. The highest BCUT2D eigenvalue weighted by atomic mass is 32.2. The fourth-order valence-corrected chi connectivity index (χ4v) is 5.28. The third kappa shape index (κ3) is 5.88. The van der Waals surface area contributed by atoms with E-state index in [4.69, 9.17) is 0 Å². The summed E-state index contributed by atoms with van der Waals surface area (Å²) in [5, 5.41) is 0. The van der Waals surface area contributed by atoms with Gasteiger partial charge >= 0.3 is 0 Å². The Hall–Kier alpha value is -2.87. The molecule has 1 aromatic heterocycles. The molecule has 0 radical (unpaired) electrons. The van der Waals surface area contributed by atoms with Crippen molar-refractivity contribution in [3.8, 4) is 0 Å². The van der Waals surface area contributed by atoms with Gasteiger partial charge in [-0.1, -0.05) is 30.3 Å². The third-order valence-electron chi connectivity index (χ3n) is 6.23. The molecule has 0 bridgehead atoms. The number of rotatable bonds is 7. The lowest BCUT2D eigenvalue weighted by atomic mass is 9.95. The van der Waals surface area contributed by atoms with Crippen LogP contribution in [-0.2, 0) is 21.2 Å². The highest BCUT2D eigenvalue weighted by Crippen LogP contribution is 2.26. The van der Waals surface area contributed by atoms with E-state index in [1.807, 2.05) is 47.4 Å². The molecule has 3 heterocycles. The van der Waals surface area contributed by atoms with Gasteiger partial charge in [0, 0.05) is 56.4 Å². The van der Waals surface area contributed by atoms with E-state index >= 15 is 0 Å². The van der Waals surface area contributed by atoms with Crippen LogP contribution < -0.4 is 9.62 Å². The standard InChI is InChI=1S/C24H30N4O3S/c29-24(22-9-15-27(16-10-22)23-6-12-25-13-7-23)28-14-8-21(19-28)18-26-32(30,31)17-11-20-4-2-1-3-5-20/h1-7,12-13,18,22,26H,8-11,14-17,19H2. The summed E-state index contributed by atoms with van der Waals surface area (Å²) in [6.07, 6.45) is 8.03. The number of nitrogens with one attached hydrogen (secondary N) is 1. The number of amides is 1. The van der Waals surface area contributed by atoms with E-state index in [1.54, 1.807) is 18.6 Å². The molecule has 2 aliphatic rings. The molecule has 2 aromatic rings. The topological polar surface area (TPSA) is 82.6 Å². The highest BCUT2D eigenvalue weighted by molar-refractivity contribution is 7.89. The van der Waals surface area contributed by atoms with Crippen LogP contribution in [0.25, 0.3) is 0 Å². The van der Waals surface area contributed by atoms with Crippen LogP contribution >= 0.6 is 0 Å². The van der Waals surface area contributed by atoms with Crippen LogP contribution in [0.4, 0.5) is 5.69 Å². The zero-order valence-electron chi connectivity index (χ0n) is 18.2. The Bertz CT molecular complexity index is 1030. The van der Waals surface area contributed by atoms with E-state index in [0.29, 0.717) is 25.9 Å². The molecule has 0 aliphatic carbocycles. The van der Waals surface area contributed by atoms with E-state index in [9.17, 15) is 13.2 Å². The Morgan fingerprint density at radius 1 is 1.06 bits per heavy atom. The van der Waals surface area contributed by atoms with Crippen molar-refractivity contribution in [3.05, 3.63) is 72.2 Å². The molecular weight excluding hydrogens is 424 g/mol. The summed E-state index contributed by atoms with van der Waals surface area (Å²) in [4.78, 5) is 21.2. The average molecular weight is 455 g/mol. The molecule has 1 amide bonds. The maximum atomic E-state index is 13.0. The van der Waals surface area contributed by atoms with Gasteiger partial charge in [-0.3, -0.25) is 14.5 Å². The predicted molar refractivity (Wildman–Crippen MR) is 126 cm³/mol. The van der Waals surface area contributed by atoms with Gasteiger partial charge in [0.25, 0.3) is 0 Å². The number of pyridine rings is 1. The summed E-state index contributed by atoms with van der Waals surface area (Å²) >= 11 is 0. The number of carbonyl (C=O) groups excluding carboxylic acids is 1. The molecule has 2 fully saturated rings. The van der Waals surface area contributed by atoms with Gasteiger partial charge in [-0.25, -0.2) is 8.42 Å². The van der Waals surface area contributed by atoms with Crippen LogP contribution in [0.15, 0.2) is 66.6 Å². The summed E-state index contributed by atoms with van der Waals surface area (Å²) in [7, 11) is -3.40. The maximum Gasteiger partial charge on any atom is 0.232 e. The van der Waals surface area contributed by atoms with E-state index in [0.717, 1.165) is 42.8 Å². The van der Waals surface area contributed by atoms with E-state index in [1.165, 1.54) is 0 Å². The number of nitrogens with zero attached hydrogens (tertiary/aromatic N) is 3. The number of likely N-dealkylation sites (tertiary alicyclic amines) is 1. The molecule has 7 nitrogen and oxygen atoms in total. The first-order valence-electron chi connectivity index (χ1n) is 11.2. The summed E-state index contributed by atoms with van der Waals surface area (Å²) < 4.78 is 27.2. The number of hydrogen-bond donors (Lipinski definition) is 1. The summed E-state index contributed by atoms with van der Waals surface area (Å²) in [6, 6.07) is 13.6. The van der Waals surface area contributed by atoms with Gasteiger partial charge in [-0.15, -0.1) is 0 Å². The lowest BCUT2D eigenvalue weighted by Crippen LogP contribution is -2.41.